The molecule has 2 aliphatic carbocycles. The molecule has 4 fully saturated rings. The normalized spacial score (nSPS) is 26.1. The van der Waals surface area contributed by atoms with Gasteiger partial charge in [0.2, 0.25) is 10.0 Å². The highest BCUT2D eigenvalue weighted by Crippen LogP contribution is 2.67. The summed E-state index contributed by atoms with van der Waals surface area (Å²) < 4.78 is 42.8. The highest BCUT2D eigenvalue weighted by atomic mass is 35.5. The molecular formula is C38H43ClFN5O3S. The number of aryl methyl sites for hydroxylation is 1. The first-order valence-corrected chi connectivity index (χ1v) is 19.8. The molecule has 1 amide bonds. The van der Waals surface area contributed by atoms with E-state index in [0.717, 1.165) is 61.8 Å². The van der Waals surface area contributed by atoms with E-state index in [9.17, 15) is 17.6 Å². The molecule has 1 N–H and O–H groups in total. The van der Waals surface area contributed by atoms with Gasteiger partial charge in [0, 0.05) is 42.3 Å². The highest BCUT2D eigenvalue weighted by Gasteiger charge is 2.69. The molecule has 11 heteroatoms. The van der Waals surface area contributed by atoms with Crippen LogP contribution in [0.4, 0.5) is 10.1 Å². The van der Waals surface area contributed by atoms with Gasteiger partial charge in [0.1, 0.15) is 11.6 Å². The maximum absolute atomic E-state index is 14.6. The summed E-state index contributed by atoms with van der Waals surface area (Å²) in [6, 6.07) is 21.9. The van der Waals surface area contributed by atoms with Gasteiger partial charge in [-0.3, -0.25) is 14.4 Å². The summed E-state index contributed by atoms with van der Waals surface area (Å²) in [5, 5.41) is 0.202. The van der Waals surface area contributed by atoms with Gasteiger partial charge in [0.25, 0.3) is 5.91 Å². The van der Waals surface area contributed by atoms with Crippen LogP contribution in [0.1, 0.15) is 79.2 Å². The first-order chi connectivity index (χ1) is 23.5. The zero-order valence-corrected chi connectivity index (χ0v) is 29.6. The summed E-state index contributed by atoms with van der Waals surface area (Å²) >= 11 is 6.46. The predicted octanol–water partition coefficient (Wildman–Crippen LogP) is 7.33. The number of amides is 1. The third kappa shape index (κ3) is 5.64. The summed E-state index contributed by atoms with van der Waals surface area (Å²) in [6.07, 6.45) is 9.48. The molecule has 4 aromatic rings. The molecule has 258 valence electrons. The van der Waals surface area contributed by atoms with E-state index in [4.69, 9.17) is 16.6 Å². The zero-order valence-electron chi connectivity index (χ0n) is 28.0. The van der Waals surface area contributed by atoms with E-state index in [0.29, 0.717) is 47.9 Å². The van der Waals surface area contributed by atoms with Crippen molar-refractivity contribution in [1.82, 2.24) is 19.4 Å². The van der Waals surface area contributed by atoms with E-state index < -0.39 is 10.0 Å². The van der Waals surface area contributed by atoms with Crippen molar-refractivity contribution >= 4 is 44.3 Å². The van der Waals surface area contributed by atoms with Gasteiger partial charge in [-0.1, -0.05) is 35.9 Å². The van der Waals surface area contributed by atoms with Crippen LogP contribution in [-0.4, -0.2) is 71.6 Å². The number of nitrogens with zero attached hydrogens (tertiary/aromatic N) is 4. The van der Waals surface area contributed by atoms with Crippen LogP contribution in [0.15, 0.2) is 66.7 Å². The number of halogens is 2. The largest absolute Gasteiger partial charge is 0.339 e. The molecule has 4 unspecified atom stereocenters. The second-order valence-corrected chi connectivity index (χ2v) is 17.1. The Hall–Kier alpha value is -3.47. The number of carbonyl (C=O) groups excluding carboxylic acids is 1. The molecule has 0 radical (unpaired) electrons. The van der Waals surface area contributed by atoms with Crippen LogP contribution in [-0.2, 0) is 15.4 Å². The number of sulfonamides is 1. The number of fused-ring (bicyclic) bond motifs is 1. The third-order valence-corrected chi connectivity index (χ3v) is 13.2. The van der Waals surface area contributed by atoms with Gasteiger partial charge >= 0.3 is 0 Å². The van der Waals surface area contributed by atoms with E-state index in [1.807, 2.05) is 11.0 Å². The zero-order chi connectivity index (χ0) is 34.1. The SMILES string of the molecule is Cc1nc2ccccc2n1C1CC2N(CCCC3(c4cccc(F)c4)CCN(C(=O)c4ccc(NS(C)(=O)=O)cc4Cl)CC3)C3CCC32C1. The van der Waals surface area contributed by atoms with Gasteiger partial charge < -0.3 is 9.47 Å². The maximum Gasteiger partial charge on any atom is 0.255 e. The van der Waals surface area contributed by atoms with Gasteiger partial charge in [-0.25, -0.2) is 17.8 Å². The number of benzene rings is 3. The molecule has 8 nitrogen and oxygen atoms in total. The van der Waals surface area contributed by atoms with Gasteiger partial charge in [-0.2, -0.15) is 0 Å². The molecule has 1 aromatic heterocycles. The summed E-state index contributed by atoms with van der Waals surface area (Å²) in [4.78, 5) is 23.1. The van der Waals surface area contributed by atoms with E-state index in [1.165, 1.54) is 36.9 Å². The number of piperidine rings is 2. The molecule has 3 aromatic carbocycles. The molecule has 8 rings (SSSR count). The van der Waals surface area contributed by atoms with Crippen molar-refractivity contribution in [3.8, 4) is 0 Å². The Bertz CT molecular complexity index is 2040. The monoisotopic (exact) mass is 703 g/mol. The number of rotatable bonds is 9. The number of nitrogens with one attached hydrogen (secondary N) is 1. The van der Waals surface area contributed by atoms with E-state index in [1.54, 1.807) is 24.3 Å². The average molecular weight is 704 g/mol. The number of carbonyl (C=O) groups is 1. The number of hydrogen-bond acceptors (Lipinski definition) is 5. The molecule has 1 spiro atoms. The molecule has 4 aliphatic rings. The molecule has 2 saturated carbocycles. The Kier molecular flexibility index (Phi) is 8.07. The average Bonchev–Trinajstić information content (AvgIpc) is 3.60. The first-order valence-electron chi connectivity index (χ1n) is 17.5. The van der Waals surface area contributed by atoms with Gasteiger partial charge in [0.15, 0.2) is 0 Å². The highest BCUT2D eigenvalue weighted by molar-refractivity contribution is 7.92. The number of likely N-dealkylation sites (tertiary alicyclic amines) is 2. The van der Waals surface area contributed by atoms with Crippen molar-refractivity contribution in [3.05, 3.63) is 94.5 Å². The van der Waals surface area contributed by atoms with Crippen molar-refractivity contribution in [2.75, 3.05) is 30.6 Å². The van der Waals surface area contributed by atoms with E-state index >= 15 is 0 Å². The van der Waals surface area contributed by atoms with Crippen LogP contribution in [0.2, 0.25) is 5.02 Å². The van der Waals surface area contributed by atoms with Gasteiger partial charge in [-0.05, 0) is 118 Å². The standard InChI is InChI=1S/C38H43ClFN5O3S/c1-25-41-32-9-3-4-10-33(32)45(25)29-23-35-38(24-29)15-13-34(38)44(35)18-6-14-37(26-7-5-8-27(40)21-26)16-19-43(20-17-37)36(46)30-12-11-28(22-31(30)39)42-49(2,47)48/h3-5,7-12,21-22,29,34-35,42H,6,13-20,23-24H2,1-2H3. The van der Waals surface area contributed by atoms with Crippen molar-refractivity contribution in [3.63, 3.8) is 0 Å². The quantitative estimate of drug-likeness (QED) is 0.197. The Balaban J connectivity index is 0.948. The van der Waals surface area contributed by atoms with E-state index in [2.05, 4.69) is 45.4 Å². The molecule has 2 saturated heterocycles. The number of hydrogen-bond donors (Lipinski definition) is 1. The fourth-order valence-electron chi connectivity index (χ4n) is 10.0. The lowest BCUT2D eigenvalue weighted by molar-refractivity contribution is -0.188. The van der Waals surface area contributed by atoms with Crippen LogP contribution in [0.5, 0.6) is 0 Å². The van der Waals surface area contributed by atoms with Crippen LogP contribution in [0.25, 0.3) is 11.0 Å². The summed E-state index contributed by atoms with van der Waals surface area (Å²) in [6.45, 7) is 4.25. The van der Waals surface area contributed by atoms with Crippen LogP contribution < -0.4 is 4.72 Å². The summed E-state index contributed by atoms with van der Waals surface area (Å²) in [5.74, 6) is 0.699. The van der Waals surface area contributed by atoms with Crippen LogP contribution in [0.3, 0.4) is 0 Å². The minimum atomic E-state index is -3.47. The Morgan fingerprint density at radius 1 is 1.04 bits per heavy atom. The first kappa shape index (κ1) is 32.7. The molecule has 4 atom stereocenters. The predicted molar refractivity (Wildman–Crippen MR) is 191 cm³/mol. The fourth-order valence-corrected chi connectivity index (χ4v) is 10.8. The van der Waals surface area contributed by atoms with Gasteiger partial charge in [-0.15, -0.1) is 0 Å². The van der Waals surface area contributed by atoms with Crippen molar-refractivity contribution < 1.29 is 17.6 Å². The Labute approximate surface area is 292 Å². The summed E-state index contributed by atoms with van der Waals surface area (Å²) in [7, 11) is -3.47. The van der Waals surface area contributed by atoms with E-state index in [-0.39, 0.29) is 22.2 Å². The maximum atomic E-state index is 14.6. The second-order valence-electron chi connectivity index (χ2n) is 14.9. The smallest absolute Gasteiger partial charge is 0.255 e. The van der Waals surface area contributed by atoms with Crippen LogP contribution in [0, 0.1) is 18.2 Å². The topological polar surface area (TPSA) is 87.5 Å². The molecule has 2 aliphatic heterocycles. The van der Waals surface area contributed by atoms with Crippen molar-refractivity contribution in [1.29, 1.82) is 0 Å². The third-order valence-electron chi connectivity index (χ3n) is 12.3. The molecular weight excluding hydrogens is 661 g/mol. The number of imidazole rings is 1. The lowest BCUT2D eigenvalue weighted by atomic mass is 9.53. The minimum Gasteiger partial charge on any atom is -0.339 e. The molecule has 3 heterocycles. The lowest BCUT2D eigenvalue weighted by Gasteiger charge is -2.68. The Morgan fingerprint density at radius 2 is 1.84 bits per heavy atom. The lowest BCUT2D eigenvalue weighted by Crippen LogP contribution is -2.74. The fraction of sp³-hybridized carbons (Fsp3) is 0.474. The summed E-state index contributed by atoms with van der Waals surface area (Å²) in [5.41, 5.74) is 4.21. The van der Waals surface area contributed by atoms with Crippen molar-refractivity contribution in [2.24, 2.45) is 5.41 Å². The number of anilines is 1. The molecule has 49 heavy (non-hydrogen) atoms. The van der Waals surface area contributed by atoms with Gasteiger partial charge in [0.05, 0.1) is 27.9 Å². The van der Waals surface area contributed by atoms with Crippen LogP contribution >= 0.6 is 11.6 Å². The second kappa shape index (κ2) is 12.1. The van der Waals surface area contributed by atoms with Crippen molar-refractivity contribution in [2.45, 2.75) is 81.8 Å². The molecule has 0 bridgehead atoms. The Morgan fingerprint density at radius 3 is 2.55 bits per heavy atom. The number of aromatic nitrogens is 2. The number of para-hydroxylation sites is 2. The minimum absolute atomic E-state index is 0.178.